The van der Waals surface area contributed by atoms with Crippen molar-refractivity contribution in [1.82, 2.24) is 15.1 Å². The van der Waals surface area contributed by atoms with E-state index in [-0.39, 0.29) is 36.6 Å². The standard InChI is InChI=1S/C28H36N4O3/c1-4-18-35-28(34)32-16-14-22-25(20-10-8-7-9-11-20)30-24-13-12-21(19-23(24)26(22)32)27(33)29-15-17-31(5-2)6-3/h4,7-13,19,22,25-26,30H,1,5-6,14-18H2,2-3H3,(H,29,33)/t22-,25?,26-/m0/s1. The van der Waals surface area contributed by atoms with Crippen LogP contribution in [0.25, 0.3) is 0 Å². The van der Waals surface area contributed by atoms with Crippen LogP contribution in [0.1, 0.15) is 53.8 Å². The molecule has 3 atom stereocenters. The van der Waals surface area contributed by atoms with Crippen molar-refractivity contribution >= 4 is 17.7 Å². The number of likely N-dealkylation sites (tertiary alicyclic amines) is 1. The van der Waals surface area contributed by atoms with E-state index in [2.05, 4.69) is 48.1 Å². The first-order valence-electron chi connectivity index (χ1n) is 12.6. The molecule has 35 heavy (non-hydrogen) atoms. The van der Waals surface area contributed by atoms with Gasteiger partial charge in [-0.3, -0.25) is 4.79 Å². The monoisotopic (exact) mass is 476 g/mol. The quantitative estimate of drug-likeness (QED) is 0.517. The summed E-state index contributed by atoms with van der Waals surface area (Å²) in [6.45, 7) is 12.0. The number of nitrogens with one attached hydrogen (secondary N) is 2. The molecule has 2 heterocycles. The number of benzene rings is 2. The summed E-state index contributed by atoms with van der Waals surface area (Å²) < 4.78 is 5.42. The van der Waals surface area contributed by atoms with E-state index in [1.807, 2.05) is 41.3 Å². The van der Waals surface area contributed by atoms with Crippen molar-refractivity contribution in [3.63, 3.8) is 0 Å². The maximum atomic E-state index is 13.0. The molecule has 2 aliphatic heterocycles. The third-order valence-corrected chi connectivity index (χ3v) is 7.14. The van der Waals surface area contributed by atoms with Crippen molar-refractivity contribution in [3.8, 4) is 0 Å². The minimum atomic E-state index is -0.342. The number of likely N-dealkylation sites (N-methyl/N-ethyl adjacent to an activating group) is 1. The summed E-state index contributed by atoms with van der Waals surface area (Å²) in [4.78, 5) is 30.0. The van der Waals surface area contributed by atoms with Gasteiger partial charge in [-0.1, -0.05) is 56.8 Å². The molecule has 7 nitrogen and oxygen atoms in total. The topological polar surface area (TPSA) is 73.9 Å². The highest BCUT2D eigenvalue weighted by Crippen LogP contribution is 2.51. The van der Waals surface area contributed by atoms with Gasteiger partial charge in [0, 0.05) is 36.8 Å². The first-order valence-corrected chi connectivity index (χ1v) is 12.6. The minimum Gasteiger partial charge on any atom is -0.445 e. The summed E-state index contributed by atoms with van der Waals surface area (Å²) in [6.07, 6.45) is 2.08. The fourth-order valence-electron chi connectivity index (χ4n) is 5.30. The number of carbonyl (C=O) groups excluding carboxylic acids is 2. The summed E-state index contributed by atoms with van der Waals surface area (Å²) in [5.41, 5.74) is 3.70. The van der Waals surface area contributed by atoms with E-state index in [0.29, 0.717) is 18.7 Å². The molecule has 0 aliphatic carbocycles. The molecular formula is C28H36N4O3. The highest BCUT2D eigenvalue weighted by molar-refractivity contribution is 5.95. The van der Waals surface area contributed by atoms with Crippen LogP contribution in [0.5, 0.6) is 0 Å². The zero-order chi connectivity index (χ0) is 24.8. The third kappa shape index (κ3) is 5.35. The molecule has 4 rings (SSSR count). The molecule has 1 saturated heterocycles. The van der Waals surface area contributed by atoms with E-state index >= 15 is 0 Å². The summed E-state index contributed by atoms with van der Waals surface area (Å²) in [6, 6.07) is 16.0. The molecule has 2 amide bonds. The predicted octanol–water partition coefficient (Wildman–Crippen LogP) is 4.61. The number of carbonyl (C=O) groups is 2. The van der Waals surface area contributed by atoms with Crippen LogP contribution in [0.4, 0.5) is 10.5 Å². The summed E-state index contributed by atoms with van der Waals surface area (Å²) in [5, 5.41) is 6.74. The largest absolute Gasteiger partial charge is 0.445 e. The third-order valence-electron chi connectivity index (χ3n) is 7.14. The summed E-state index contributed by atoms with van der Waals surface area (Å²) >= 11 is 0. The number of anilines is 1. The average molecular weight is 477 g/mol. The molecule has 0 aromatic heterocycles. The first-order chi connectivity index (χ1) is 17.1. The van der Waals surface area contributed by atoms with E-state index < -0.39 is 0 Å². The van der Waals surface area contributed by atoms with Gasteiger partial charge in [0.15, 0.2) is 0 Å². The van der Waals surface area contributed by atoms with E-state index in [0.717, 1.165) is 37.3 Å². The highest BCUT2D eigenvalue weighted by atomic mass is 16.6. The number of hydrogen-bond acceptors (Lipinski definition) is 5. The highest BCUT2D eigenvalue weighted by Gasteiger charge is 2.47. The second-order valence-corrected chi connectivity index (χ2v) is 9.07. The number of hydrogen-bond donors (Lipinski definition) is 2. The lowest BCUT2D eigenvalue weighted by Crippen LogP contribution is -2.38. The Morgan fingerprint density at radius 2 is 1.97 bits per heavy atom. The van der Waals surface area contributed by atoms with Crippen LogP contribution in [-0.2, 0) is 4.74 Å². The zero-order valence-electron chi connectivity index (χ0n) is 20.7. The van der Waals surface area contributed by atoms with E-state index in [1.165, 1.54) is 5.56 Å². The number of fused-ring (bicyclic) bond motifs is 3. The van der Waals surface area contributed by atoms with Crippen molar-refractivity contribution in [1.29, 1.82) is 0 Å². The smallest absolute Gasteiger partial charge is 0.410 e. The molecule has 186 valence electrons. The van der Waals surface area contributed by atoms with Gasteiger partial charge in [0.1, 0.15) is 6.61 Å². The van der Waals surface area contributed by atoms with Crippen LogP contribution in [-0.4, -0.2) is 61.1 Å². The molecule has 1 unspecified atom stereocenters. The fourth-order valence-corrected chi connectivity index (χ4v) is 5.30. The molecular weight excluding hydrogens is 440 g/mol. The van der Waals surface area contributed by atoms with Crippen molar-refractivity contribution in [2.45, 2.75) is 32.4 Å². The molecule has 0 saturated carbocycles. The second kappa shape index (κ2) is 11.4. The van der Waals surface area contributed by atoms with E-state index in [4.69, 9.17) is 4.74 Å². The van der Waals surface area contributed by atoms with Gasteiger partial charge < -0.3 is 25.2 Å². The zero-order valence-corrected chi connectivity index (χ0v) is 20.7. The lowest BCUT2D eigenvalue weighted by molar-refractivity contribution is 0.0948. The molecule has 7 heteroatoms. The van der Waals surface area contributed by atoms with Crippen molar-refractivity contribution in [2.75, 3.05) is 44.6 Å². The van der Waals surface area contributed by atoms with Gasteiger partial charge >= 0.3 is 6.09 Å². The fraction of sp³-hybridized carbons (Fsp3) is 0.429. The van der Waals surface area contributed by atoms with Crippen LogP contribution in [0.15, 0.2) is 61.2 Å². The Bertz CT molecular complexity index is 1040. The maximum absolute atomic E-state index is 13.0. The molecule has 2 N–H and O–H groups in total. The van der Waals surface area contributed by atoms with E-state index in [1.54, 1.807) is 6.08 Å². The molecule has 0 bridgehead atoms. The van der Waals surface area contributed by atoms with Crippen LogP contribution in [0, 0.1) is 5.92 Å². The van der Waals surface area contributed by atoms with Gasteiger partial charge in [-0.2, -0.15) is 0 Å². The van der Waals surface area contributed by atoms with Crippen molar-refractivity contribution < 1.29 is 14.3 Å². The minimum absolute atomic E-state index is 0.0691. The van der Waals surface area contributed by atoms with Gasteiger partial charge in [0.25, 0.3) is 5.91 Å². The van der Waals surface area contributed by atoms with Gasteiger partial charge in [-0.25, -0.2) is 4.79 Å². The molecule has 2 aromatic rings. The summed E-state index contributed by atoms with van der Waals surface area (Å²) in [5.74, 6) is 0.0719. The molecule has 0 radical (unpaired) electrons. The maximum Gasteiger partial charge on any atom is 0.410 e. The summed E-state index contributed by atoms with van der Waals surface area (Å²) in [7, 11) is 0. The molecule has 1 fully saturated rings. The number of rotatable bonds is 9. The van der Waals surface area contributed by atoms with Crippen LogP contribution in [0.3, 0.4) is 0 Å². The second-order valence-electron chi connectivity index (χ2n) is 9.07. The van der Waals surface area contributed by atoms with Gasteiger partial charge in [0.05, 0.1) is 12.1 Å². The lowest BCUT2D eigenvalue weighted by Gasteiger charge is -2.39. The normalized spacial score (nSPS) is 20.5. The van der Waals surface area contributed by atoms with Crippen LogP contribution < -0.4 is 10.6 Å². The molecule has 2 aromatic carbocycles. The Kier molecular flexibility index (Phi) is 8.08. The predicted molar refractivity (Wildman–Crippen MR) is 138 cm³/mol. The number of amides is 2. The molecule has 2 aliphatic rings. The first kappa shape index (κ1) is 24.8. The average Bonchev–Trinajstić information content (AvgIpc) is 3.35. The lowest BCUT2D eigenvalue weighted by atomic mass is 9.79. The van der Waals surface area contributed by atoms with Crippen LogP contribution in [0.2, 0.25) is 0 Å². The Balaban J connectivity index is 1.61. The number of nitrogens with zero attached hydrogens (tertiary/aromatic N) is 2. The van der Waals surface area contributed by atoms with Gasteiger partial charge in [-0.05, 0) is 48.8 Å². The van der Waals surface area contributed by atoms with Gasteiger partial charge in [-0.15, -0.1) is 0 Å². The SMILES string of the molecule is C=CCOC(=O)N1CC[C@H]2C(c3ccccc3)Nc3ccc(C(=O)NCCN(CC)CC)cc3[C@H]21. The molecule has 0 spiro atoms. The van der Waals surface area contributed by atoms with Gasteiger partial charge in [0.2, 0.25) is 0 Å². The van der Waals surface area contributed by atoms with Crippen LogP contribution >= 0.6 is 0 Å². The Morgan fingerprint density at radius 3 is 2.69 bits per heavy atom. The van der Waals surface area contributed by atoms with E-state index in [9.17, 15) is 9.59 Å². The Morgan fingerprint density at radius 1 is 1.20 bits per heavy atom. The Labute approximate surface area is 208 Å². The van der Waals surface area contributed by atoms with Crippen molar-refractivity contribution in [3.05, 3.63) is 77.9 Å². The van der Waals surface area contributed by atoms with Crippen molar-refractivity contribution in [2.24, 2.45) is 5.92 Å². The number of ether oxygens (including phenoxy) is 1. The Hall–Kier alpha value is -3.32.